The highest BCUT2D eigenvalue weighted by Crippen LogP contribution is 2.08. The maximum Gasteiger partial charge on any atom is 0.273 e. The van der Waals surface area contributed by atoms with Crippen molar-refractivity contribution in [2.24, 2.45) is 0 Å². The lowest BCUT2D eigenvalue weighted by molar-refractivity contribution is 0.0949. The smallest absolute Gasteiger partial charge is 0.273 e. The molecule has 0 aliphatic heterocycles. The molecule has 0 saturated carbocycles. The highest BCUT2D eigenvalue weighted by molar-refractivity contribution is 5.91. The standard InChI is InChI=1S/C18H18N4O/c1-14-7-9-16(10-8-14)22-13-17(20-21-22)18(23)19-12-11-15-5-3-2-4-6-15/h2-10,13H,11-12H2,1H3,(H,19,23). The Balaban J connectivity index is 1.59. The monoisotopic (exact) mass is 306 g/mol. The maximum atomic E-state index is 12.1. The van der Waals surface area contributed by atoms with E-state index in [1.54, 1.807) is 10.9 Å². The number of carbonyl (C=O) groups is 1. The summed E-state index contributed by atoms with van der Waals surface area (Å²) in [4.78, 5) is 12.1. The first-order valence-corrected chi connectivity index (χ1v) is 7.54. The van der Waals surface area contributed by atoms with Gasteiger partial charge < -0.3 is 5.32 Å². The van der Waals surface area contributed by atoms with Crippen molar-refractivity contribution in [1.29, 1.82) is 0 Å². The van der Waals surface area contributed by atoms with Crippen molar-refractivity contribution in [3.8, 4) is 5.69 Å². The molecule has 1 heterocycles. The summed E-state index contributed by atoms with van der Waals surface area (Å²) < 4.78 is 1.60. The third-order valence-electron chi connectivity index (χ3n) is 3.57. The molecule has 0 fully saturated rings. The molecule has 1 N–H and O–H groups in total. The summed E-state index contributed by atoms with van der Waals surface area (Å²) in [6.45, 7) is 2.59. The molecule has 5 heteroatoms. The van der Waals surface area contributed by atoms with Gasteiger partial charge in [0.05, 0.1) is 11.9 Å². The van der Waals surface area contributed by atoms with Crippen LogP contribution in [0, 0.1) is 6.92 Å². The van der Waals surface area contributed by atoms with Gasteiger partial charge in [0.1, 0.15) is 0 Å². The van der Waals surface area contributed by atoms with Crippen LogP contribution in [0.2, 0.25) is 0 Å². The van der Waals surface area contributed by atoms with Crippen molar-refractivity contribution in [3.63, 3.8) is 0 Å². The van der Waals surface area contributed by atoms with Gasteiger partial charge in [0.15, 0.2) is 5.69 Å². The minimum atomic E-state index is -0.209. The fraction of sp³-hybridized carbons (Fsp3) is 0.167. The second kappa shape index (κ2) is 6.87. The highest BCUT2D eigenvalue weighted by Gasteiger charge is 2.10. The van der Waals surface area contributed by atoms with E-state index in [1.165, 1.54) is 11.1 Å². The van der Waals surface area contributed by atoms with E-state index in [0.717, 1.165) is 12.1 Å². The first kappa shape index (κ1) is 15.0. The number of hydrogen-bond donors (Lipinski definition) is 1. The molecular weight excluding hydrogens is 288 g/mol. The summed E-state index contributed by atoms with van der Waals surface area (Å²) in [5.41, 5.74) is 3.56. The fourth-order valence-electron chi connectivity index (χ4n) is 2.25. The Bertz CT molecular complexity index is 778. The van der Waals surface area contributed by atoms with Crippen LogP contribution in [-0.2, 0) is 6.42 Å². The van der Waals surface area contributed by atoms with E-state index < -0.39 is 0 Å². The second-order valence-corrected chi connectivity index (χ2v) is 5.38. The summed E-state index contributed by atoms with van der Waals surface area (Å²) in [6, 6.07) is 17.9. The van der Waals surface area contributed by atoms with Crippen LogP contribution in [0.25, 0.3) is 5.69 Å². The van der Waals surface area contributed by atoms with Crippen LogP contribution in [-0.4, -0.2) is 27.4 Å². The molecule has 0 aliphatic carbocycles. The third-order valence-corrected chi connectivity index (χ3v) is 3.57. The van der Waals surface area contributed by atoms with Gasteiger partial charge >= 0.3 is 0 Å². The van der Waals surface area contributed by atoms with Gasteiger partial charge in [0, 0.05) is 6.54 Å². The van der Waals surface area contributed by atoms with E-state index in [4.69, 9.17) is 0 Å². The maximum absolute atomic E-state index is 12.1. The molecule has 0 radical (unpaired) electrons. The molecule has 3 aromatic rings. The van der Waals surface area contributed by atoms with Gasteiger partial charge in [-0.15, -0.1) is 5.10 Å². The van der Waals surface area contributed by atoms with Crippen LogP contribution in [0.15, 0.2) is 60.8 Å². The molecule has 0 saturated heterocycles. The Morgan fingerprint density at radius 3 is 2.57 bits per heavy atom. The molecule has 1 aromatic heterocycles. The lowest BCUT2D eigenvalue weighted by atomic mass is 10.1. The van der Waals surface area contributed by atoms with Gasteiger partial charge in [0.25, 0.3) is 5.91 Å². The molecule has 23 heavy (non-hydrogen) atoms. The zero-order valence-electron chi connectivity index (χ0n) is 12.9. The predicted molar refractivity (Wildman–Crippen MR) is 88.6 cm³/mol. The topological polar surface area (TPSA) is 59.8 Å². The second-order valence-electron chi connectivity index (χ2n) is 5.38. The number of benzene rings is 2. The molecule has 0 spiro atoms. The van der Waals surface area contributed by atoms with E-state index in [0.29, 0.717) is 12.2 Å². The molecule has 3 rings (SSSR count). The summed E-state index contributed by atoms with van der Waals surface area (Å²) in [5.74, 6) is -0.209. The molecule has 1 amide bonds. The van der Waals surface area contributed by atoms with Crippen LogP contribution in [0.4, 0.5) is 0 Å². The number of nitrogens with one attached hydrogen (secondary N) is 1. The van der Waals surface area contributed by atoms with E-state index >= 15 is 0 Å². The molecule has 0 unspecified atom stereocenters. The number of hydrogen-bond acceptors (Lipinski definition) is 3. The van der Waals surface area contributed by atoms with Crippen LogP contribution in [0.5, 0.6) is 0 Å². The van der Waals surface area contributed by atoms with E-state index in [2.05, 4.69) is 15.6 Å². The Morgan fingerprint density at radius 2 is 1.83 bits per heavy atom. The van der Waals surface area contributed by atoms with Crippen molar-refractivity contribution in [1.82, 2.24) is 20.3 Å². The van der Waals surface area contributed by atoms with Crippen LogP contribution >= 0.6 is 0 Å². The van der Waals surface area contributed by atoms with Crippen molar-refractivity contribution < 1.29 is 4.79 Å². The van der Waals surface area contributed by atoms with E-state index in [1.807, 2.05) is 61.5 Å². The minimum absolute atomic E-state index is 0.209. The highest BCUT2D eigenvalue weighted by atomic mass is 16.2. The van der Waals surface area contributed by atoms with Crippen molar-refractivity contribution >= 4 is 5.91 Å². The Labute approximate surface area is 135 Å². The van der Waals surface area contributed by atoms with Gasteiger partial charge in [-0.05, 0) is 31.0 Å². The largest absolute Gasteiger partial charge is 0.350 e. The van der Waals surface area contributed by atoms with Crippen molar-refractivity contribution in [3.05, 3.63) is 77.6 Å². The number of amides is 1. The van der Waals surface area contributed by atoms with Gasteiger partial charge in [-0.25, -0.2) is 4.68 Å². The molecule has 0 aliphatic rings. The van der Waals surface area contributed by atoms with E-state index in [-0.39, 0.29) is 5.91 Å². The number of carbonyl (C=O) groups excluding carboxylic acids is 1. The van der Waals surface area contributed by atoms with E-state index in [9.17, 15) is 4.79 Å². The van der Waals surface area contributed by atoms with Gasteiger partial charge in [-0.2, -0.15) is 0 Å². The lowest BCUT2D eigenvalue weighted by Gasteiger charge is -2.03. The zero-order valence-corrected chi connectivity index (χ0v) is 12.9. The Hall–Kier alpha value is -2.95. The molecule has 0 bridgehead atoms. The number of aromatic nitrogens is 3. The van der Waals surface area contributed by atoms with Crippen LogP contribution < -0.4 is 5.32 Å². The normalized spacial score (nSPS) is 10.5. The number of aryl methyl sites for hydroxylation is 1. The molecule has 116 valence electrons. The summed E-state index contributed by atoms with van der Waals surface area (Å²) in [7, 11) is 0. The molecular formula is C18H18N4O. The van der Waals surface area contributed by atoms with Gasteiger partial charge in [-0.3, -0.25) is 4.79 Å². The van der Waals surface area contributed by atoms with Gasteiger partial charge in [-0.1, -0.05) is 53.2 Å². The zero-order chi connectivity index (χ0) is 16.1. The van der Waals surface area contributed by atoms with Crippen LogP contribution in [0.3, 0.4) is 0 Å². The predicted octanol–water partition coefficient (Wildman–Crippen LogP) is 2.55. The minimum Gasteiger partial charge on any atom is -0.350 e. The number of rotatable bonds is 5. The summed E-state index contributed by atoms with van der Waals surface area (Å²) in [5, 5.41) is 10.8. The third kappa shape index (κ3) is 3.83. The van der Waals surface area contributed by atoms with Crippen LogP contribution in [0.1, 0.15) is 21.6 Å². The summed E-state index contributed by atoms with van der Waals surface area (Å²) in [6.07, 6.45) is 2.43. The fourth-order valence-corrected chi connectivity index (χ4v) is 2.25. The van der Waals surface area contributed by atoms with Gasteiger partial charge in [0.2, 0.25) is 0 Å². The first-order chi connectivity index (χ1) is 11.2. The molecule has 2 aromatic carbocycles. The van der Waals surface area contributed by atoms with Crippen molar-refractivity contribution in [2.45, 2.75) is 13.3 Å². The quantitative estimate of drug-likeness (QED) is 0.788. The lowest BCUT2D eigenvalue weighted by Crippen LogP contribution is -2.26. The SMILES string of the molecule is Cc1ccc(-n2cc(C(=O)NCCc3ccccc3)nn2)cc1. The average molecular weight is 306 g/mol. The van der Waals surface area contributed by atoms with Crippen molar-refractivity contribution in [2.75, 3.05) is 6.54 Å². The number of nitrogens with zero attached hydrogens (tertiary/aromatic N) is 3. The molecule has 0 atom stereocenters. The average Bonchev–Trinajstić information content (AvgIpc) is 3.06. The first-order valence-electron chi connectivity index (χ1n) is 7.54. The Kier molecular flexibility index (Phi) is 4.47. The Morgan fingerprint density at radius 1 is 1.09 bits per heavy atom. The summed E-state index contributed by atoms with van der Waals surface area (Å²) >= 11 is 0. The molecule has 5 nitrogen and oxygen atoms in total.